The van der Waals surface area contributed by atoms with E-state index in [1.54, 1.807) is 0 Å². The number of nitrogens with one attached hydrogen (secondary N) is 1. The van der Waals surface area contributed by atoms with Crippen LogP contribution in [0.2, 0.25) is 0 Å². The van der Waals surface area contributed by atoms with Crippen molar-refractivity contribution in [2.75, 3.05) is 52.2 Å². The maximum absolute atomic E-state index is 11.3. The lowest BCUT2D eigenvalue weighted by Gasteiger charge is -2.32. The van der Waals surface area contributed by atoms with E-state index in [-0.39, 0.29) is 5.91 Å². The first kappa shape index (κ1) is 13.7. The molecule has 0 radical (unpaired) electrons. The Morgan fingerprint density at radius 2 is 2.00 bits per heavy atom. The molecule has 0 unspecified atom stereocenters. The molecular formula is C11H22ClN3O. The van der Waals surface area contributed by atoms with Gasteiger partial charge in [-0.15, -0.1) is 11.6 Å². The van der Waals surface area contributed by atoms with Crippen molar-refractivity contribution >= 4 is 17.5 Å². The maximum atomic E-state index is 11.3. The van der Waals surface area contributed by atoms with Crippen molar-refractivity contribution in [3.63, 3.8) is 0 Å². The lowest BCUT2D eigenvalue weighted by molar-refractivity contribution is -0.121. The first-order valence-electron chi connectivity index (χ1n) is 5.96. The average molecular weight is 248 g/mol. The highest BCUT2D eigenvalue weighted by Crippen LogP contribution is 1.97. The van der Waals surface area contributed by atoms with E-state index >= 15 is 0 Å². The van der Waals surface area contributed by atoms with Gasteiger partial charge in [-0.25, -0.2) is 0 Å². The van der Waals surface area contributed by atoms with Gasteiger partial charge in [-0.05, 0) is 13.5 Å². The molecule has 1 amide bonds. The molecule has 0 aromatic rings. The van der Waals surface area contributed by atoms with Gasteiger partial charge in [0.15, 0.2) is 0 Å². The van der Waals surface area contributed by atoms with E-state index in [0.29, 0.717) is 12.3 Å². The van der Waals surface area contributed by atoms with Crippen LogP contribution < -0.4 is 5.32 Å². The number of rotatable bonds is 6. The molecule has 1 aliphatic rings. The Bertz CT molecular complexity index is 205. The predicted molar refractivity (Wildman–Crippen MR) is 66.9 cm³/mol. The Morgan fingerprint density at radius 3 is 2.62 bits per heavy atom. The molecule has 0 aliphatic carbocycles. The smallest absolute Gasteiger partial charge is 0.220 e. The van der Waals surface area contributed by atoms with Crippen molar-refractivity contribution in [1.82, 2.24) is 15.1 Å². The van der Waals surface area contributed by atoms with Crippen LogP contribution in [-0.4, -0.2) is 67.9 Å². The standard InChI is InChI=1S/C11H22ClN3O/c1-14-7-9-15(10-8-14)6-5-13-11(16)3-2-4-12/h2-10H2,1H3,(H,13,16). The van der Waals surface area contributed by atoms with Crippen molar-refractivity contribution in [2.45, 2.75) is 12.8 Å². The van der Waals surface area contributed by atoms with Crippen molar-refractivity contribution in [3.8, 4) is 0 Å². The molecule has 16 heavy (non-hydrogen) atoms. The number of hydrogen-bond acceptors (Lipinski definition) is 3. The largest absolute Gasteiger partial charge is 0.355 e. The first-order chi connectivity index (χ1) is 7.72. The number of piperazine rings is 1. The summed E-state index contributed by atoms with van der Waals surface area (Å²) in [5.74, 6) is 0.682. The molecule has 1 fully saturated rings. The normalized spacial score (nSPS) is 18.6. The van der Waals surface area contributed by atoms with Gasteiger partial charge in [0, 0.05) is 51.6 Å². The number of nitrogens with zero attached hydrogens (tertiary/aromatic N) is 2. The zero-order valence-electron chi connectivity index (χ0n) is 10.0. The van der Waals surface area contributed by atoms with E-state index in [0.717, 1.165) is 45.7 Å². The summed E-state index contributed by atoms with van der Waals surface area (Å²) in [7, 11) is 2.14. The highest BCUT2D eigenvalue weighted by atomic mass is 35.5. The zero-order valence-corrected chi connectivity index (χ0v) is 10.8. The Kier molecular flexibility index (Phi) is 6.76. The van der Waals surface area contributed by atoms with Gasteiger partial charge in [0.2, 0.25) is 5.91 Å². The van der Waals surface area contributed by atoms with Gasteiger partial charge in [-0.2, -0.15) is 0 Å². The topological polar surface area (TPSA) is 35.6 Å². The van der Waals surface area contributed by atoms with Crippen molar-refractivity contribution < 1.29 is 4.79 Å². The molecule has 0 atom stereocenters. The summed E-state index contributed by atoms with van der Waals surface area (Å²) in [5.41, 5.74) is 0. The van der Waals surface area contributed by atoms with E-state index in [1.165, 1.54) is 0 Å². The highest BCUT2D eigenvalue weighted by Gasteiger charge is 2.12. The van der Waals surface area contributed by atoms with Crippen molar-refractivity contribution in [2.24, 2.45) is 0 Å². The van der Waals surface area contributed by atoms with E-state index in [2.05, 4.69) is 22.2 Å². The number of amides is 1. The fraction of sp³-hybridized carbons (Fsp3) is 0.909. The molecule has 1 rings (SSSR count). The second-order valence-electron chi connectivity index (χ2n) is 4.29. The Hall–Kier alpha value is -0.320. The molecule has 0 saturated carbocycles. The van der Waals surface area contributed by atoms with Crippen LogP contribution in [-0.2, 0) is 4.79 Å². The minimum Gasteiger partial charge on any atom is -0.355 e. The third kappa shape index (κ3) is 5.68. The van der Waals surface area contributed by atoms with Crippen LogP contribution in [0.25, 0.3) is 0 Å². The molecule has 94 valence electrons. The molecule has 5 heteroatoms. The second-order valence-corrected chi connectivity index (χ2v) is 4.67. The first-order valence-corrected chi connectivity index (χ1v) is 6.49. The van der Waals surface area contributed by atoms with Crippen LogP contribution >= 0.6 is 11.6 Å². The van der Waals surface area contributed by atoms with Crippen LogP contribution in [0, 0.1) is 0 Å². The van der Waals surface area contributed by atoms with E-state index < -0.39 is 0 Å². The number of halogens is 1. The molecule has 0 aromatic heterocycles. The zero-order chi connectivity index (χ0) is 11.8. The summed E-state index contributed by atoms with van der Waals surface area (Å²) in [6.45, 7) is 6.17. The van der Waals surface area contributed by atoms with Crippen molar-refractivity contribution in [1.29, 1.82) is 0 Å². The quantitative estimate of drug-likeness (QED) is 0.689. The summed E-state index contributed by atoms with van der Waals surface area (Å²) in [5, 5.41) is 2.92. The van der Waals surface area contributed by atoms with Gasteiger partial charge < -0.3 is 10.2 Å². The minimum absolute atomic E-state index is 0.120. The number of alkyl halides is 1. The lowest BCUT2D eigenvalue weighted by atomic mass is 10.3. The summed E-state index contributed by atoms with van der Waals surface area (Å²) >= 11 is 5.52. The third-order valence-electron chi connectivity index (χ3n) is 2.88. The fourth-order valence-electron chi connectivity index (χ4n) is 1.74. The monoisotopic (exact) mass is 247 g/mol. The Balaban J connectivity index is 2.00. The minimum atomic E-state index is 0.120. The summed E-state index contributed by atoms with van der Waals surface area (Å²) < 4.78 is 0. The number of carbonyl (C=O) groups is 1. The number of hydrogen-bond donors (Lipinski definition) is 1. The van der Waals surface area contributed by atoms with Crippen LogP contribution in [0.15, 0.2) is 0 Å². The molecule has 4 nitrogen and oxygen atoms in total. The molecule has 0 aromatic carbocycles. The molecule has 1 N–H and O–H groups in total. The van der Waals surface area contributed by atoms with Crippen LogP contribution in [0.4, 0.5) is 0 Å². The third-order valence-corrected chi connectivity index (χ3v) is 3.15. The van der Waals surface area contributed by atoms with E-state index in [1.807, 2.05) is 0 Å². The van der Waals surface area contributed by atoms with Gasteiger partial charge in [0.1, 0.15) is 0 Å². The highest BCUT2D eigenvalue weighted by molar-refractivity contribution is 6.17. The Labute approximate surface area is 103 Å². The van der Waals surface area contributed by atoms with Gasteiger partial charge >= 0.3 is 0 Å². The van der Waals surface area contributed by atoms with Gasteiger partial charge in [0.05, 0.1) is 0 Å². The summed E-state index contributed by atoms with van der Waals surface area (Å²) in [6.07, 6.45) is 1.31. The Morgan fingerprint density at radius 1 is 1.31 bits per heavy atom. The van der Waals surface area contributed by atoms with Crippen LogP contribution in [0.5, 0.6) is 0 Å². The average Bonchev–Trinajstić information content (AvgIpc) is 2.29. The van der Waals surface area contributed by atoms with Gasteiger partial charge in [-0.1, -0.05) is 0 Å². The molecular weight excluding hydrogens is 226 g/mol. The van der Waals surface area contributed by atoms with E-state index in [9.17, 15) is 4.79 Å². The van der Waals surface area contributed by atoms with E-state index in [4.69, 9.17) is 11.6 Å². The second kappa shape index (κ2) is 7.87. The molecule has 1 heterocycles. The predicted octanol–water partition coefficient (Wildman–Crippen LogP) is 0.369. The molecule has 0 bridgehead atoms. The van der Waals surface area contributed by atoms with Crippen LogP contribution in [0.3, 0.4) is 0 Å². The lowest BCUT2D eigenvalue weighted by Crippen LogP contribution is -2.46. The van der Waals surface area contributed by atoms with Gasteiger partial charge in [0.25, 0.3) is 0 Å². The van der Waals surface area contributed by atoms with Crippen LogP contribution in [0.1, 0.15) is 12.8 Å². The molecule has 1 saturated heterocycles. The number of likely N-dealkylation sites (N-methyl/N-ethyl adjacent to an activating group) is 1. The number of carbonyl (C=O) groups excluding carboxylic acids is 1. The fourth-order valence-corrected chi connectivity index (χ4v) is 1.87. The molecule has 1 aliphatic heterocycles. The van der Waals surface area contributed by atoms with Gasteiger partial charge in [-0.3, -0.25) is 9.69 Å². The SMILES string of the molecule is CN1CCN(CCNC(=O)CCCCl)CC1. The summed E-state index contributed by atoms with van der Waals surface area (Å²) in [6, 6.07) is 0. The summed E-state index contributed by atoms with van der Waals surface area (Å²) in [4.78, 5) is 16.0. The maximum Gasteiger partial charge on any atom is 0.220 e. The van der Waals surface area contributed by atoms with Crippen molar-refractivity contribution in [3.05, 3.63) is 0 Å². The molecule has 0 spiro atoms.